The van der Waals surface area contributed by atoms with Crippen LogP contribution in [0.25, 0.3) is 10.9 Å². The number of hydrogen-bond donors (Lipinski definition) is 1. The fraction of sp³-hybridized carbons (Fsp3) is 0.556. The van der Waals surface area contributed by atoms with Crippen molar-refractivity contribution in [3.63, 3.8) is 0 Å². The molecule has 1 aromatic carbocycles. The summed E-state index contributed by atoms with van der Waals surface area (Å²) in [5, 5.41) is 0.150. The van der Waals surface area contributed by atoms with Gasteiger partial charge in [-0.3, -0.25) is 0 Å². The number of rotatable bonds is 5. The predicted molar refractivity (Wildman–Crippen MR) is 104 cm³/mol. The van der Waals surface area contributed by atoms with Gasteiger partial charge in [0.25, 0.3) is 0 Å². The third kappa shape index (κ3) is 5.12. The van der Waals surface area contributed by atoms with Crippen LogP contribution in [0.1, 0.15) is 46.2 Å². The van der Waals surface area contributed by atoms with Crippen molar-refractivity contribution in [3.05, 3.63) is 34.2 Å². The minimum atomic E-state index is -4.69. The fourth-order valence-electron chi connectivity index (χ4n) is 2.68. The highest BCUT2D eigenvalue weighted by molar-refractivity contribution is 9.10. The van der Waals surface area contributed by atoms with Gasteiger partial charge in [0.15, 0.2) is 0 Å². The molecule has 152 valence electrons. The third-order valence-electron chi connectivity index (χ3n) is 3.94. The van der Waals surface area contributed by atoms with Gasteiger partial charge in [-0.25, -0.2) is 13.3 Å². The summed E-state index contributed by atoms with van der Waals surface area (Å²) in [4.78, 5) is 0. The molecule has 0 radical (unpaired) electrons. The summed E-state index contributed by atoms with van der Waals surface area (Å²) in [6, 6.07) is 0.394. The second kappa shape index (κ2) is 7.83. The van der Waals surface area contributed by atoms with E-state index in [1.54, 1.807) is 25.3 Å². The van der Waals surface area contributed by atoms with E-state index in [-0.39, 0.29) is 21.3 Å². The van der Waals surface area contributed by atoms with Crippen LogP contribution in [0.4, 0.5) is 17.6 Å². The minimum absolute atomic E-state index is 0.137. The molecular formula is C18H23BrF4N2OS. The van der Waals surface area contributed by atoms with Gasteiger partial charge < -0.3 is 4.57 Å². The Morgan fingerprint density at radius 1 is 1.22 bits per heavy atom. The highest BCUT2D eigenvalue weighted by Crippen LogP contribution is 2.39. The summed E-state index contributed by atoms with van der Waals surface area (Å²) >= 11 is 3.09. The molecule has 0 unspecified atom stereocenters. The Morgan fingerprint density at radius 2 is 1.81 bits per heavy atom. The molecule has 0 fully saturated rings. The summed E-state index contributed by atoms with van der Waals surface area (Å²) in [6.07, 6.45) is -3.32. The first-order valence-corrected chi connectivity index (χ1v) is 10.4. The van der Waals surface area contributed by atoms with Crippen LogP contribution in [0.15, 0.2) is 22.8 Å². The standard InChI is InChI=1S/C18H23BrF4N2OS/c1-10(2)8-25-9-12(11-6-14(20)13(19)7-15(11)25)16(18(21,22)23)24-27(26)17(3,4)5/h6-7,9-10,16,24H,8H2,1-5H3/t16-,27-/m0/s1. The zero-order valence-corrected chi connectivity index (χ0v) is 18.1. The van der Waals surface area contributed by atoms with Crippen LogP contribution < -0.4 is 4.72 Å². The van der Waals surface area contributed by atoms with Crippen molar-refractivity contribution >= 4 is 37.8 Å². The number of aromatic nitrogens is 1. The molecule has 1 heterocycles. The van der Waals surface area contributed by atoms with Crippen LogP contribution in [-0.2, 0) is 17.5 Å². The maximum Gasteiger partial charge on any atom is 0.408 e. The van der Waals surface area contributed by atoms with Crippen LogP contribution in [0, 0.1) is 11.7 Å². The van der Waals surface area contributed by atoms with Crippen LogP contribution >= 0.6 is 15.9 Å². The molecule has 0 amide bonds. The van der Waals surface area contributed by atoms with Crippen molar-refractivity contribution in [2.45, 2.75) is 58.1 Å². The number of fused-ring (bicyclic) bond motifs is 1. The van der Waals surface area contributed by atoms with Gasteiger partial charge in [0.05, 0.1) is 20.2 Å². The minimum Gasteiger partial charge on any atom is -0.347 e. The van der Waals surface area contributed by atoms with E-state index in [2.05, 4.69) is 20.7 Å². The topological polar surface area (TPSA) is 34.0 Å². The van der Waals surface area contributed by atoms with Crippen LogP contribution in [0.3, 0.4) is 0 Å². The molecule has 3 nitrogen and oxygen atoms in total. The Hall–Kier alpha value is -0.930. The van der Waals surface area contributed by atoms with Crippen molar-refractivity contribution in [2.24, 2.45) is 5.92 Å². The lowest BCUT2D eigenvalue weighted by atomic mass is 10.1. The summed E-state index contributed by atoms with van der Waals surface area (Å²) < 4.78 is 71.1. The van der Waals surface area contributed by atoms with Gasteiger partial charge in [0.2, 0.25) is 0 Å². The van der Waals surface area contributed by atoms with Crippen molar-refractivity contribution < 1.29 is 21.8 Å². The van der Waals surface area contributed by atoms with Gasteiger partial charge in [0, 0.05) is 29.2 Å². The van der Waals surface area contributed by atoms with E-state index in [4.69, 9.17) is 0 Å². The van der Waals surface area contributed by atoms with E-state index >= 15 is 0 Å². The smallest absolute Gasteiger partial charge is 0.347 e. The molecule has 0 aliphatic heterocycles. The van der Waals surface area contributed by atoms with E-state index in [9.17, 15) is 21.8 Å². The quantitative estimate of drug-likeness (QED) is 0.546. The maximum absolute atomic E-state index is 14.1. The normalized spacial score (nSPS) is 15.5. The van der Waals surface area contributed by atoms with Gasteiger partial charge in [-0.2, -0.15) is 13.2 Å². The van der Waals surface area contributed by atoms with Crippen LogP contribution in [0.5, 0.6) is 0 Å². The van der Waals surface area contributed by atoms with Gasteiger partial charge in [-0.15, -0.1) is 0 Å². The Bertz CT molecular complexity index is 856. The predicted octanol–water partition coefficient (Wildman–Crippen LogP) is 5.85. The first-order chi connectivity index (χ1) is 12.2. The zero-order valence-electron chi connectivity index (χ0n) is 15.7. The number of alkyl halides is 3. The second-order valence-electron chi connectivity index (χ2n) is 7.89. The van der Waals surface area contributed by atoms with Crippen LogP contribution in [-0.4, -0.2) is 19.7 Å². The molecule has 0 aliphatic carbocycles. The van der Waals surface area contributed by atoms with E-state index in [1.807, 2.05) is 13.8 Å². The SMILES string of the molecule is CC(C)Cn1cc([C@H](N[S@@](=O)C(C)(C)C)C(F)(F)F)c2cc(F)c(Br)cc21. The number of nitrogens with zero attached hydrogens (tertiary/aromatic N) is 1. The molecule has 27 heavy (non-hydrogen) atoms. The Kier molecular flexibility index (Phi) is 6.48. The first-order valence-electron chi connectivity index (χ1n) is 8.44. The van der Waals surface area contributed by atoms with Crippen LogP contribution in [0.2, 0.25) is 0 Å². The average molecular weight is 471 g/mol. The molecule has 0 bridgehead atoms. The van der Waals surface area contributed by atoms with E-state index in [0.717, 1.165) is 6.07 Å². The average Bonchev–Trinajstić information content (AvgIpc) is 2.79. The van der Waals surface area contributed by atoms with Gasteiger partial charge >= 0.3 is 6.18 Å². The fourth-order valence-corrected chi connectivity index (χ4v) is 3.84. The van der Waals surface area contributed by atoms with E-state index in [0.29, 0.717) is 12.1 Å². The molecule has 2 atom stereocenters. The lowest BCUT2D eigenvalue weighted by molar-refractivity contribution is -0.152. The lowest BCUT2D eigenvalue weighted by Crippen LogP contribution is -2.41. The monoisotopic (exact) mass is 470 g/mol. The van der Waals surface area contributed by atoms with Gasteiger partial charge in [-0.05, 0) is 54.8 Å². The van der Waals surface area contributed by atoms with Crippen molar-refractivity contribution in [1.29, 1.82) is 0 Å². The lowest BCUT2D eigenvalue weighted by Gasteiger charge is -2.25. The van der Waals surface area contributed by atoms with Gasteiger partial charge in [0.1, 0.15) is 11.9 Å². The highest BCUT2D eigenvalue weighted by atomic mass is 79.9. The molecule has 0 aliphatic rings. The first kappa shape index (κ1) is 22.4. The third-order valence-corrected chi connectivity index (χ3v) is 6.11. The number of nitrogens with one attached hydrogen (secondary N) is 1. The summed E-state index contributed by atoms with van der Waals surface area (Å²) in [5.41, 5.74) is 0.353. The molecule has 2 aromatic rings. The summed E-state index contributed by atoms with van der Waals surface area (Å²) in [7, 11) is -1.95. The molecule has 2 rings (SSSR count). The largest absolute Gasteiger partial charge is 0.408 e. The molecular weight excluding hydrogens is 448 g/mol. The number of halogens is 5. The molecule has 1 aromatic heterocycles. The zero-order chi connectivity index (χ0) is 20.7. The molecule has 9 heteroatoms. The Labute approximate surface area is 167 Å². The second-order valence-corrected chi connectivity index (χ2v) is 10.7. The van der Waals surface area contributed by atoms with Crippen molar-refractivity contribution in [2.75, 3.05) is 0 Å². The summed E-state index contributed by atoms with van der Waals surface area (Å²) in [5.74, 6) is -0.470. The number of hydrogen-bond acceptors (Lipinski definition) is 1. The number of benzene rings is 1. The molecule has 1 N–H and O–H groups in total. The molecule has 0 saturated carbocycles. The van der Waals surface area contributed by atoms with Crippen molar-refractivity contribution in [3.8, 4) is 0 Å². The van der Waals surface area contributed by atoms with Gasteiger partial charge in [-0.1, -0.05) is 13.8 Å². The molecule has 0 saturated heterocycles. The van der Waals surface area contributed by atoms with Crippen molar-refractivity contribution in [1.82, 2.24) is 9.29 Å². The maximum atomic E-state index is 14.1. The molecule has 0 spiro atoms. The van der Waals surface area contributed by atoms with E-state index in [1.165, 1.54) is 12.3 Å². The Balaban J connectivity index is 2.68. The Morgan fingerprint density at radius 3 is 2.30 bits per heavy atom. The highest BCUT2D eigenvalue weighted by Gasteiger charge is 2.44. The summed E-state index contributed by atoms with van der Waals surface area (Å²) in [6.45, 7) is 9.12. The van der Waals surface area contributed by atoms with E-state index < -0.39 is 33.8 Å².